The van der Waals surface area contributed by atoms with Crippen LogP contribution >= 0.6 is 11.3 Å². The summed E-state index contributed by atoms with van der Waals surface area (Å²) in [6.45, 7) is 5.73. The first-order valence-electron chi connectivity index (χ1n) is 7.34. The Balaban J connectivity index is 1.78. The van der Waals surface area contributed by atoms with Crippen molar-refractivity contribution in [2.45, 2.75) is 19.8 Å². The second-order valence-corrected chi connectivity index (χ2v) is 6.55. The molecule has 114 valence electrons. The van der Waals surface area contributed by atoms with Gasteiger partial charge in [-0.25, -0.2) is 0 Å². The summed E-state index contributed by atoms with van der Waals surface area (Å²) in [4.78, 5) is 14.3. The molecule has 6 heteroatoms. The Bertz CT molecular complexity index is 522. The number of hydrogen-bond acceptors (Lipinski definition) is 5. The minimum Gasteiger partial charge on any atom is -0.330 e. The first kappa shape index (κ1) is 16.0. The quantitative estimate of drug-likeness (QED) is 0.870. The SMILES string of the molecule is CC1CCN(CCC(=O)Nc2sccc2C#N)CC1CN. The van der Waals surface area contributed by atoms with Gasteiger partial charge in [-0.2, -0.15) is 5.26 Å². The van der Waals surface area contributed by atoms with Crippen molar-refractivity contribution in [3.63, 3.8) is 0 Å². The second-order valence-electron chi connectivity index (χ2n) is 5.64. The highest BCUT2D eigenvalue weighted by atomic mass is 32.1. The second kappa shape index (κ2) is 7.55. The first-order valence-corrected chi connectivity index (χ1v) is 8.22. The zero-order chi connectivity index (χ0) is 15.2. The van der Waals surface area contributed by atoms with E-state index in [2.05, 4.69) is 23.2 Å². The molecule has 1 saturated heterocycles. The molecule has 5 nitrogen and oxygen atoms in total. The van der Waals surface area contributed by atoms with Crippen LogP contribution in [0.5, 0.6) is 0 Å². The molecule has 1 aliphatic rings. The number of nitrogens with one attached hydrogen (secondary N) is 1. The highest BCUT2D eigenvalue weighted by Gasteiger charge is 2.25. The van der Waals surface area contributed by atoms with Gasteiger partial charge in [0.2, 0.25) is 5.91 Å². The van der Waals surface area contributed by atoms with E-state index in [9.17, 15) is 4.79 Å². The lowest BCUT2D eigenvalue weighted by molar-refractivity contribution is -0.116. The Kier molecular flexibility index (Phi) is 5.74. The Labute approximate surface area is 129 Å². The standard InChI is InChI=1S/C15H22N4OS/c1-11-2-5-19(10-13(11)9-17)6-3-14(20)18-15-12(8-16)4-7-21-15/h4,7,11,13H,2-3,5-6,9-10,17H2,1H3,(H,18,20). The van der Waals surface area contributed by atoms with Gasteiger partial charge in [-0.1, -0.05) is 6.92 Å². The molecular weight excluding hydrogens is 284 g/mol. The van der Waals surface area contributed by atoms with Crippen molar-refractivity contribution < 1.29 is 4.79 Å². The van der Waals surface area contributed by atoms with Gasteiger partial charge in [0, 0.05) is 19.5 Å². The zero-order valence-electron chi connectivity index (χ0n) is 12.3. The lowest BCUT2D eigenvalue weighted by Crippen LogP contribution is -2.43. The molecule has 3 N–H and O–H groups in total. The van der Waals surface area contributed by atoms with E-state index in [-0.39, 0.29) is 5.91 Å². The Morgan fingerprint density at radius 1 is 1.67 bits per heavy atom. The average Bonchev–Trinajstić information content (AvgIpc) is 2.93. The van der Waals surface area contributed by atoms with E-state index < -0.39 is 0 Å². The maximum atomic E-state index is 12.0. The van der Waals surface area contributed by atoms with Crippen molar-refractivity contribution in [2.75, 3.05) is 31.5 Å². The molecule has 2 unspecified atom stereocenters. The van der Waals surface area contributed by atoms with E-state index in [4.69, 9.17) is 11.0 Å². The number of thiophene rings is 1. The maximum absolute atomic E-state index is 12.0. The van der Waals surface area contributed by atoms with Gasteiger partial charge in [0.25, 0.3) is 0 Å². The molecule has 0 aliphatic carbocycles. The predicted octanol–water partition coefficient (Wildman–Crippen LogP) is 1.87. The van der Waals surface area contributed by atoms with Gasteiger partial charge in [-0.15, -0.1) is 11.3 Å². The molecule has 0 bridgehead atoms. The maximum Gasteiger partial charge on any atom is 0.226 e. The summed E-state index contributed by atoms with van der Waals surface area (Å²) in [5.41, 5.74) is 6.33. The van der Waals surface area contributed by atoms with Crippen LogP contribution in [0.1, 0.15) is 25.3 Å². The highest BCUT2D eigenvalue weighted by Crippen LogP contribution is 2.23. The first-order chi connectivity index (χ1) is 10.1. The van der Waals surface area contributed by atoms with Crippen molar-refractivity contribution in [3.8, 4) is 6.07 Å². The lowest BCUT2D eigenvalue weighted by atomic mass is 9.87. The molecule has 1 aliphatic heterocycles. The number of nitriles is 1. The number of amides is 1. The van der Waals surface area contributed by atoms with E-state index in [1.54, 1.807) is 6.07 Å². The number of carbonyl (C=O) groups excluding carboxylic acids is 1. The lowest BCUT2D eigenvalue weighted by Gasteiger charge is -2.36. The van der Waals surface area contributed by atoms with E-state index in [1.165, 1.54) is 11.3 Å². The van der Waals surface area contributed by atoms with Crippen molar-refractivity contribution in [3.05, 3.63) is 17.0 Å². The summed E-state index contributed by atoms with van der Waals surface area (Å²) < 4.78 is 0. The van der Waals surface area contributed by atoms with Crippen molar-refractivity contribution in [2.24, 2.45) is 17.6 Å². The molecule has 21 heavy (non-hydrogen) atoms. The summed E-state index contributed by atoms with van der Waals surface area (Å²) in [5.74, 6) is 1.17. The summed E-state index contributed by atoms with van der Waals surface area (Å²) in [5, 5.41) is 14.2. The molecule has 2 rings (SSSR count). The van der Waals surface area contributed by atoms with E-state index in [0.29, 0.717) is 35.4 Å². The number of likely N-dealkylation sites (tertiary alicyclic amines) is 1. The largest absolute Gasteiger partial charge is 0.330 e. The fourth-order valence-electron chi connectivity index (χ4n) is 2.68. The van der Waals surface area contributed by atoms with E-state index in [0.717, 1.165) is 26.1 Å². The van der Waals surface area contributed by atoms with Crippen LogP contribution in [-0.2, 0) is 4.79 Å². The van der Waals surface area contributed by atoms with Crippen LogP contribution < -0.4 is 11.1 Å². The van der Waals surface area contributed by atoms with Gasteiger partial charge in [0.15, 0.2) is 0 Å². The minimum absolute atomic E-state index is 0.0307. The number of carbonyl (C=O) groups is 1. The third-order valence-electron chi connectivity index (χ3n) is 4.19. The number of hydrogen-bond donors (Lipinski definition) is 2. The normalized spacial score (nSPS) is 22.7. The fraction of sp³-hybridized carbons (Fsp3) is 0.600. The molecule has 1 aromatic rings. The van der Waals surface area contributed by atoms with E-state index >= 15 is 0 Å². The molecule has 2 atom stereocenters. The van der Waals surface area contributed by atoms with Crippen LogP contribution in [0.25, 0.3) is 0 Å². The van der Waals surface area contributed by atoms with Crippen molar-refractivity contribution in [1.82, 2.24) is 4.90 Å². The smallest absolute Gasteiger partial charge is 0.226 e. The van der Waals surface area contributed by atoms with Gasteiger partial charge in [0.05, 0.1) is 5.56 Å². The predicted molar refractivity (Wildman–Crippen MR) is 85.0 cm³/mol. The van der Waals surface area contributed by atoms with Gasteiger partial charge in [0.1, 0.15) is 11.1 Å². The molecule has 0 aromatic carbocycles. The third-order valence-corrected chi connectivity index (χ3v) is 5.02. The van der Waals surface area contributed by atoms with Crippen LogP contribution in [0.4, 0.5) is 5.00 Å². The number of rotatable bonds is 5. The number of anilines is 1. The Hall–Kier alpha value is -1.42. The van der Waals surface area contributed by atoms with Gasteiger partial charge in [-0.05, 0) is 42.8 Å². The summed E-state index contributed by atoms with van der Waals surface area (Å²) in [6.07, 6.45) is 1.60. The molecule has 0 saturated carbocycles. The topological polar surface area (TPSA) is 82.2 Å². The molecule has 1 fully saturated rings. The molecular formula is C15H22N4OS. The van der Waals surface area contributed by atoms with Gasteiger partial charge < -0.3 is 16.0 Å². The summed E-state index contributed by atoms with van der Waals surface area (Å²) in [7, 11) is 0. The monoisotopic (exact) mass is 306 g/mol. The zero-order valence-corrected chi connectivity index (χ0v) is 13.2. The summed E-state index contributed by atoms with van der Waals surface area (Å²) >= 11 is 1.38. The van der Waals surface area contributed by atoms with Crippen LogP contribution in [0, 0.1) is 23.2 Å². The van der Waals surface area contributed by atoms with Crippen LogP contribution in [0.2, 0.25) is 0 Å². The molecule has 2 heterocycles. The molecule has 1 aromatic heterocycles. The average molecular weight is 306 g/mol. The summed E-state index contributed by atoms with van der Waals surface area (Å²) in [6, 6.07) is 3.80. The third kappa shape index (κ3) is 4.27. The number of nitrogens with zero attached hydrogens (tertiary/aromatic N) is 2. The van der Waals surface area contributed by atoms with Crippen molar-refractivity contribution in [1.29, 1.82) is 5.26 Å². The van der Waals surface area contributed by atoms with Crippen molar-refractivity contribution >= 4 is 22.2 Å². The van der Waals surface area contributed by atoms with E-state index in [1.807, 2.05) is 5.38 Å². The number of piperidine rings is 1. The molecule has 0 radical (unpaired) electrons. The molecule has 1 amide bonds. The van der Waals surface area contributed by atoms with Gasteiger partial charge in [-0.3, -0.25) is 4.79 Å². The van der Waals surface area contributed by atoms with Crippen LogP contribution in [0.15, 0.2) is 11.4 Å². The minimum atomic E-state index is -0.0307. The Morgan fingerprint density at radius 3 is 3.19 bits per heavy atom. The van der Waals surface area contributed by atoms with Crippen LogP contribution in [-0.4, -0.2) is 37.0 Å². The molecule has 0 spiro atoms. The highest BCUT2D eigenvalue weighted by molar-refractivity contribution is 7.14. The number of nitrogens with two attached hydrogens (primary N) is 1. The van der Waals surface area contributed by atoms with Gasteiger partial charge >= 0.3 is 0 Å². The fourth-order valence-corrected chi connectivity index (χ4v) is 3.43. The Morgan fingerprint density at radius 2 is 2.48 bits per heavy atom. The van der Waals surface area contributed by atoms with Crippen LogP contribution in [0.3, 0.4) is 0 Å².